The van der Waals surface area contributed by atoms with E-state index in [1.807, 2.05) is 67.6 Å². The van der Waals surface area contributed by atoms with Gasteiger partial charge in [-0.3, -0.25) is 9.59 Å². The van der Waals surface area contributed by atoms with Crippen LogP contribution in [0.1, 0.15) is 28.3 Å². The Balaban J connectivity index is 1.70. The van der Waals surface area contributed by atoms with Gasteiger partial charge in [-0.25, -0.2) is 0 Å². The third kappa shape index (κ3) is 5.31. The molecule has 3 aromatic rings. The van der Waals surface area contributed by atoms with Crippen molar-refractivity contribution in [1.29, 1.82) is 0 Å². The van der Waals surface area contributed by atoms with E-state index >= 15 is 0 Å². The van der Waals surface area contributed by atoms with Gasteiger partial charge < -0.3 is 19.5 Å². The molecule has 7 heteroatoms. The summed E-state index contributed by atoms with van der Waals surface area (Å²) in [5, 5.41) is 11.3. The molecule has 0 bridgehead atoms. The molecule has 0 spiro atoms. The van der Waals surface area contributed by atoms with Crippen LogP contribution in [0.5, 0.6) is 5.75 Å². The molecule has 1 saturated heterocycles. The Morgan fingerprint density at radius 3 is 2.40 bits per heavy atom. The number of carbonyl (C=O) groups excluding carboxylic acids is 2. The molecule has 1 aliphatic rings. The van der Waals surface area contributed by atoms with Gasteiger partial charge in [0.1, 0.15) is 18.1 Å². The second kappa shape index (κ2) is 10.9. The first kappa shape index (κ1) is 24.7. The topological polar surface area (TPSA) is 76.1 Å². The molecule has 3 aromatic carbocycles. The molecule has 35 heavy (non-hydrogen) atoms. The highest BCUT2D eigenvalue weighted by atomic mass is 79.9. The largest absolute Gasteiger partial charge is 0.507 e. The predicted octanol–water partition coefficient (Wildman–Crippen LogP) is 5.40. The minimum atomic E-state index is -0.716. The van der Waals surface area contributed by atoms with Crippen molar-refractivity contribution in [3.8, 4) is 5.75 Å². The number of ketones is 1. The monoisotopic (exact) mass is 535 g/mol. The lowest BCUT2D eigenvalue weighted by molar-refractivity contribution is -0.140. The SMILES string of the molecule is COCCN1C(=O)C(=O)/C(=C(/O)c2ccc(OCc3ccccc3)cc2C)C1c1ccc(Br)cc1. The third-order valence-electron chi connectivity index (χ3n) is 5.96. The Bertz CT molecular complexity index is 1250. The normalized spacial score (nSPS) is 17.1. The number of methoxy groups -OCH3 is 1. The number of ether oxygens (including phenoxy) is 2. The number of rotatable bonds is 8. The number of amides is 1. The minimum absolute atomic E-state index is 0.0643. The molecule has 180 valence electrons. The highest BCUT2D eigenvalue weighted by Gasteiger charge is 2.46. The van der Waals surface area contributed by atoms with Crippen LogP contribution in [0.2, 0.25) is 0 Å². The summed E-state index contributed by atoms with van der Waals surface area (Å²) in [6.45, 7) is 2.75. The Morgan fingerprint density at radius 1 is 1.03 bits per heavy atom. The van der Waals surface area contributed by atoms with E-state index in [9.17, 15) is 14.7 Å². The van der Waals surface area contributed by atoms with Crippen molar-refractivity contribution < 1.29 is 24.2 Å². The first-order chi connectivity index (χ1) is 16.9. The quantitative estimate of drug-likeness (QED) is 0.237. The van der Waals surface area contributed by atoms with E-state index in [0.29, 0.717) is 17.9 Å². The van der Waals surface area contributed by atoms with Gasteiger partial charge in [-0.1, -0.05) is 58.4 Å². The van der Waals surface area contributed by atoms with Crippen LogP contribution in [-0.2, 0) is 20.9 Å². The molecule has 0 aliphatic carbocycles. The van der Waals surface area contributed by atoms with Crippen LogP contribution in [0, 0.1) is 6.92 Å². The van der Waals surface area contributed by atoms with Crippen molar-refractivity contribution >= 4 is 33.4 Å². The number of benzene rings is 3. The summed E-state index contributed by atoms with van der Waals surface area (Å²) in [5.74, 6) is -0.927. The van der Waals surface area contributed by atoms with Crippen LogP contribution >= 0.6 is 15.9 Å². The van der Waals surface area contributed by atoms with Gasteiger partial charge in [-0.05, 0) is 53.9 Å². The maximum atomic E-state index is 13.1. The second-order valence-electron chi connectivity index (χ2n) is 8.29. The van der Waals surface area contributed by atoms with E-state index < -0.39 is 17.7 Å². The van der Waals surface area contributed by atoms with Crippen LogP contribution in [0.4, 0.5) is 0 Å². The van der Waals surface area contributed by atoms with Crippen molar-refractivity contribution in [1.82, 2.24) is 4.90 Å². The average molecular weight is 536 g/mol. The van der Waals surface area contributed by atoms with Crippen LogP contribution in [-0.4, -0.2) is 42.0 Å². The fraction of sp³-hybridized carbons (Fsp3) is 0.214. The molecule has 1 N–H and O–H groups in total. The molecular weight excluding hydrogens is 510 g/mol. The number of aliphatic hydroxyl groups is 1. The summed E-state index contributed by atoms with van der Waals surface area (Å²) in [6, 6.07) is 21.7. The number of hydrogen-bond acceptors (Lipinski definition) is 5. The highest BCUT2D eigenvalue weighted by molar-refractivity contribution is 9.10. The summed E-state index contributed by atoms with van der Waals surface area (Å²) in [4.78, 5) is 27.5. The van der Waals surface area contributed by atoms with Crippen LogP contribution in [0.15, 0.2) is 82.8 Å². The van der Waals surface area contributed by atoms with Gasteiger partial charge in [-0.15, -0.1) is 0 Å². The molecule has 0 aromatic heterocycles. The van der Waals surface area contributed by atoms with Crippen molar-refractivity contribution in [2.45, 2.75) is 19.6 Å². The molecule has 1 heterocycles. The number of aliphatic hydroxyl groups excluding tert-OH is 1. The number of likely N-dealkylation sites (tertiary alicyclic amines) is 1. The third-order valence-corrected chi connectivity index (χ3v) is 6.49. The summed E-state index contributed by atoms with van der Waals surface area (Å²) in [5.41, 5.74) is 3.04. The standard InChI is InChI=1S/C28H26BrNO5/c1-18-16-22(35-17-19-6-4-3-5-7-19)12-13-23(18)26(31)24-25(20-8-10-21(29)11-9-20)30(14-15-34-2)28(33)27(24)32/h3-13,16,25,31H,14-15,17H2,1-2H3/b26-24+. The maximum Gasteiger partial charge on any atom is 0.295 e. The van der Waals surface area contributed by atoms with Gasteiger partial charge in [-0.2, -0.15) is 0 Å². The summed E-state index contributed by atoms with van der Waals surface area (Å²) in [7, 11) is 1.54. The molecule has 4 rings (SSSR count). The zero-order valence-corrected chi connectivity index (χ0v) is 21.1. The maximum absolute atomic E-state index is 13.1. The zero-order chi connectivity index (χ0) is 24.9. The van der Waals surface area contributed by atoms with Crippen molar-refractivity contribution in [2.24, 2.45) is 0 Å². The first-order valence-electron chi connectivity index (χ1n) is 11.2. The Labute approximate surface area is 212 Å². The molecule has 1 aliphatic heterocycles. The van der Waals surface area contributed by atoms with E-state index in [1.54, 1.807) is 12.1 Å². The van der Waals surface area contributed by atoms with E-state index in [-0.39, 0.29) is 24.5 Å². The van der Waals surface area contributed by atoms with Gasteiger partial charge in [0.15, 0.2) is 0 Å². The lowest BCUT2D eigenvalue weighted by Crippen LogP contribution is -2.32. The highest BCUT2D eigenvalue weighted by Crippen LogP contribution is 2.40. The van der Waals surface area contributed by atoms with Gasteiger partial charge in [0, 0.05) is 23.7 Å². The van der Waals surface area contributed by atoms with Gasteiger partial charge in [0.25, 0.3) is 11.7 Å². The zero-order valence-electron chi connectivity index (χ0n) is 19.5. The van der Waals surface area contributed by atoms with Gasteiger partial charge in [0.05, 0.1) is 18.2 Å². The summed E-state index contributed by atoms with van der Waals surface area (Å²) in [6.07, 6.45) is 0. The fourth-order valence-corrected chi connectivity index (χ4v) is 4.43. The van der Waals surface area contributed by atoms with Gasteiger partial charge >= 0.3 is 0 Å². The van der Waals surface area contributed by atoms with Crippen molar-refractivity contribution in [3.05, 3.63) is 105 Å². The fourth-order valence-electron chi connectivity index (χ4n) is 4.17. The Morgan fingerprint density at radius 2 is 1.74 bits per heavy atom. The van der Waals surface area contributed by atoms with Crippen LogP contribution in [0.3, 0.4) is 0 Å². The van der Waals surface area contributed by atoms with E-state index in [4.69, 9.17) is 9.47 Å². The van der Waals surface area contributed by atoms with Crippen molar-refractivity contribution in [3.63, 3.8) is 0 Å². The van der Waals surface area contributed by atoms with Crippen LogP contribution in [0.25, 0.3) is 5.76 Å². The Kier molecular flexibility index (Phi) is 7.68. The minimum Gasteiger partial charge on any atom is -0.507 e. The first-order valence-corrected chi connectivity index (χ1v) is 12.0. The smallest absolute Gasteiger partial charge is 0.295 e. The van der Waals surface area contributed by atoms with E-state index in [2.05, 4.69) is 15.9 Å². The average Bonchev–Trinajstić information content (AvgIpc) is 3.12. The molecule has 6 nitrogen and oxygen atoms in total. The van der Waals surface area contributed by atoms with Crippen LogP contribution < -0.4 is 4.74 Å². The number of nitrogens with zero attached hydrogens (tertiary/aromatic N) is 1. The lowest BCUT2D eigenvalue weighted by Gasteiger charge is -2.25. The van der Waals surface area contributed by atoms with E-state index in [1.165, 1.54) is 12.0 Å². The predicted molar refractivity (Wildman–Crippen MR) is 137 cm³/mol. The number of halogens is 1. The molecule has 1 fully saturated rings. The van der Waals surface area contributed by atoms with E-state index in [0.717, 1.165) is 21.2 Å². The van der Waals surface area contributed by atoms with Gasteiger partial charge in [0.2, 0.25) is 0 Å². The molecule has 1 amide bonds. The molecule has 1 unspecified atom stereocenters. The second-order valence-corrected chi connectivity index (χ2v) is 9.20. The molecule has 0 saturated carbocycles. The summed E-state index contributed by atoms with van der Waals surface area (Å²) >= 11 is 3.42. The Hall–Kier alpha value is -3.42. The number of hydrogen-bond donors (Lipinski definition) is 1. The number of carbonyl (C=O) groups is 2. The lowest BCUT2D eigenvalue weighted by atomic mass is 9.94. The summed E-state index contributed by atoms with van der Waals surface area (Å²) < 4.78 is 11.9. The number of Topliss-reactive ketones (excluding diaryl/α,β-unsaturated/α-hetero) is 1. The molecule has 0 radical (unpaired) electrons. The molecule has 1 atom stereocenters. The molecular formula is C28H26BrNO5. The van der Waals surface area contributed by atoms with Crippen molar-refractivity contribution in [2.75, 3.05) is 20.3 Å². The number of aryl methyl sites for hydroxylation is 1.